The van der Waals surface area contributed by atoms with Crippen molar-refractivity contribution in [3.05, 3.63) is 50.6 Å². The normalized spacial score (nSPS) is 21.0. The summed E-state index contributed by atoms with van der Waals surface area (Å²) in [6.07, 6.45) is 5.26. The molecule has 4 nitrogen and oxygen atoms in total. The molecular formula is C20H21BrN2O2S. The zero-order chi connectivity index (χ0) is 18.1. The number of carbonyl (C=O) groups excluding carboxylic acids is 2. The highest BCUT2D eigenvalue weighted by atomic mass is 79.9. The molecular weight excluding hydrogens is 412 g/mol. The van der Waals surface area contributed by atoms with E-state index in [0.717, 1.165) is 46.3 Å². The van der Waals surface area contributed by atoms with E-state index in [9.17, 15) is 9.59 Å². The molecule has 2 amide bonds. The van der Waals surface area contributed by atoms with Crippen molar-refractivity contribution >= 4 is 44.8 Å². The molecule has 1 saturated carbocycles. The summed E-state index contributed by atoms with van der Waals surface area (Å²) in [6.45, 7) is 0.101. The molecule has 1 atom stereocenters. The van der Waals surface area contributed by atoms with Gasteiger partial charge >= 0.3 is 0 Å². The molecule has 136 valence electrons. The van der Waals surface area contributed by atoms with Gasteiger partial charge in [0.15, 0.2) is 0 Å². The van der Waals surface area contributed by atoms with Crippen molar-refractivity contribution in [1.82, 2.24) is 4.90 Å². The van der Waals surface area contributed by atoms with Crippen LogP contribution in [0.15, 0.2) is 40.2 Å². The number of fused-ring (bicyclic) bond motifs is 1. The van der Waals surface area contributed by atoms with E-state index in [0.29, 0.717) is 0 Å². The molecule has 1 unspecified atom stereocenters. The van der Waals surface area contributed by atoms with E-state index in [4.69, 9.17) is 0 Å². The number of thiophene rings is 1. The predicted molar refractivity (Wildman–Crippen MR) is 107 cm³/mol. The second kappa shape index (κ2) is 7.53. The van der Waals surface area contributed by atoms with Gasteiger partial charge in [0.1, 0.15) is 6.54 Å². The summed E-state index contributed by atoms with van der Waals surface area (Å²) in [5.74, 6) is 0.0237. The van der Waals surface area contributed by atoms with Crippen LogP contribution in [0.25, 0.3) is 0 Å². The minimum absolute atomic E-state index is 0.0349. The molecule has 2 aliphatic rings. The number of benzene rings is 1. The van der Waals surface area contributed by atoms with Gasteiger partial charge in [0, 0.05) is 26.5 Å². The lowest BCUT2D eigenvalue weighted by atomic mass is 9.87. The Bertz CT molecular complexity index is 815. The molecule has 1 aliphatic heterocycles. The Kier molecular flexibility index (Phi) is 5.14. The van der Waals surface area contributed by atoms with Crippen molar-refractivity contribution in [3.63, 3.8) is 0 Å². The Morgan fingerprint density at radius 2 is 2.00 bits per heavy atom. The third-order valence-corrected chi connectivity index (χ3v) is 6.68. The van der Waals surface area contributed by atoms with Gasteiger partial charge in [-0.15, -0.1) is 11.3 Å². The van der Waals surface area contributed by atoms with Crippen molar-refractivity contribution in [2.75, 3.05) is 11.9 Å². The monoisotopic (exact) mass is 432 g/mol. The molecule has 1 aliphatic carbocycles. The van der Waals surface area contributed by atoms with E-state index in [1.165, 1.54) is 6.42 Å². The summed E-state index contributed by atoms with van der Waals surface area (Å²) >= 11 is 5.17. The first kappa shape index (κ1) is 17.7. The minimum atomic E-state index is -0.226. The standard InChI is InChI=1S/C20H21BrN2O2S/c21-14-8-9-16-15(11-14)19(17-7-4-10-26-17)23(12-18(24)22-16)20(25)13-5-2-1-3-6-13/h4,7-11,13,19H,1-3,5-6,12H2,(H,22,24). The molecule has 1 aromatic carbocycles. The minimum Gasteiger partial charge on any atom is -0.324 e. The van der Waals surface area contributed by atoms with Gasteiger partial charge in [-0.25, -0.2) is 0 Å². The molecule has 1 fully saturated rings. The quantitative estimate of drug-likeness (QED) is 0.728. The number of rotatable bonds is 2. The van der Waals surface area contributed by atoms with E-state index in [-0.39, 0.29) is 30.3 Å². The Morgan fingerprint density at radius 3 is 2.73 bits per heavy atom. The van der Waals surface area contributed by atoms with Gasteiger partial charge in [0.2, 0.25) is 11.8 Å². The first-order valence-corrected chi connectivity index (χ1v) is 10.7. The van der Waals surface area contributed by atoms with Crippen LogP contribution in [0.3, 0.4) is 0 Å². The van der Waals surface area contributed by atoms with Gasteiger partial charge in [0.05, 0.1) is 6.04 Å². The molecule has 0 bridgehead atoms. The van der Waals surface area contributed by atoms with Crippen molar-refractivity contribution in [2.24, 2.45) is 5.92 Å². The maximum absolute atomic E-state index is 13.4. The highest BCUT2D eigenvalue weighted by Gasteiger charge is 2.37. The summed E-state index contributed by atoms with van der Waals surface area (Å²) in [4.78, 5) is 28.8. The summed E-state index contributed by atoms with van der Waals surface area (Å²) in [5.41, 5.74) is 1.76. The van der Waals surface area contributed by atoms with Crippen LogP contribution in [-0.4, -0.2) is 23.3 Å². The second-order valence-corrected chi connectivity index (χ2v) is 8.89. The van der Waals surface area contributed by atoms with Crippen LogP contribution >= 0.6 is 27.3 Å². The first-order valence-electron chi connectivity index (χ1n) is 9.06. The number of hydrogen-bond donors (Lipinski definition) is 1. The zero-order valence-electron chi connectivity index (χ0n) is 14.4. The van der Waals surface area contributed by atoms with Crippen LogP contribution in [0, 0.1) is 5.92 Å². The number of nitrogens with zero attached hydrogens (tertiary/aromatic N) is 1. The van der Waals surface area contributed by atoms with Crippen LogP contribution < -0.4 is 5.32 Å². The van der Waals surface area contributed by atoms with E-state index >= 15 is 0 Å². The molecule has 0 spiro atoms. The summed E-state index contributed by atoms with van der Waals surface area (Å²) in [6, 6.07) is 9.68. The molecule has 0 radical (unpaired) electrons. The van der Waals surface area contributed by atoms with E-state index in [1.54, 1.807) is 16.2 Å². The smallest absolute Gasteiger partial charge is 0.244 e. The predicted octanol–water partition coefficient (Wildman–Crippen LogP) is 4.96. The van der Waals surface area contributed by atoms with Crippen molar-refractivity contribution < 1.29 is 9.59 Å². The Morgan fingerprint density at radius 1 is 1.19 bits per heavy atom. The maximum Gasteiger partial charge on any atom is 0.244 e. The van der Waals surface area contributed by atoms with Crippen LogP contribution in [0.1, 0.15) is 48.6 Å². The van der Waals surface area contributed by atoms with Crippen LogP contribution in [0.2, 0.25) is 0 Å². The SMILES string of the molecule is O=C1CN(C(=O)C2CCCCC2)C(c2cccs2)c2cc(Br)ccc2N1. The molecule has 6 heteroatoms. The fourth-order valence-corrected chi connectivity index (χ4v) is 5.25. The largest absolute Gasteiger partial charge is 0.324 e. The van der Waals surface area contributed by atoms with Crippen LogP contribution in [0.5, 0.6) is 0 Å². The highest BCUT2D eigenvalue weighted by Crippen LogP contribution is 2.40. The lowest BCUT2D eigenvalue weighted by molar-refractivity contribution is -0.140. The van der Waals surface area contributed by atoms with Gasteiger partial charge in [-0.2, -0.15) is 0 Å². The fraction of sp³-hybridized carbons (Fsp3) is 0.400. The fourth-order valence-electron chi connectivity index (χ4n) is 4.02. The van der Waals surface area contributed by atoms with Crippen molar-refractivity contribution in [1.29, 1.82) is 0 Å². The summed E-state index contributed by atoms with van der Waals surface area (Å²) < 4.78 is 0.944. The third kappa shape index (κ3) is 3.45. The van der Waals surface area contributed by atoms with Crippen molar-refractivity contribution in [2.45, 2.75) is 38.1 Å². The average Bonchev–Trinajstić information content (AvgIpc) is 3.13. The van der Waals surface area contributed by atoms with Gasteiger partial charge < -0.3 is 10.2 Å². The number of carbonyl (C=O) groups is 2. The number of anilines is 1. The third-order valence-electron chi connectivity index (χ3n) is 5.26. The second-order valence-electron chi connectivity index (χ2n) is 7.00. The number of hydrogen-bond acceptors (Lipinski definition) is 3. The lowest BCUT2D eigenvalue weighted by Crippen LogP contribution is -2.42. The Balaban J connectivity index is 1.80. The lowest BCUT2D eigenvalue weighted by Gasteiger charge is -2.33. The van der Waals surface area contributed by atoms with E-state index in [1.807, 2.05) is 29.6 Å². The van der Waals surface area contributed by atoms with Crippen LogP contribution in [-0.2, 0) is 9.59 Å². The van der Waals surface area contributed by atoms with E-state index < -0.39 is 0 Å². The zero-order valence-corrected chi connectivity index (χ0v) is 16.8. The molecule has 0 saturated heterocycles. The van der Waals surface area contributed by atoms with Gasteiger partial charge in [-0.05, 0) is 42.5 Å². The Hall–Kier alpha value is -1.66. The van der Waals surface area contributed by atoms with Crippen molar-refractivity contribution in [3.8, 4) is 0 Å². The van der Waals surface area contributed by atoms with E-state index in [2.05, 4.69) is 27.3 Å². The number of nitrogens with one attached hydrogen (secondary N) is 1. The van der Waals surface area contributed by atoms with Gasteiger partial charge in [0.25, 0.3) is 0 Å². The van der Waals surface area contributed by atoms with Gasteiger partial charge in [-0.3, -0.25) is 9.59 Å². The molecule has 1 aromatic heterocycles. The first-order chi connectivity index (χ1) is 12.6. The topological polar surface area (TPSA) is 49.4 Å². The van der Waals surface area contributed by atoms with Gasteiger partial charge in [-0.1, -0.05) is 41.3 Å². The Labute approximate surface area is 165 Å². The average molecular weight is 433 g/mol. The summed E-state index contributed by atoms with van der Waals surface area (Å²) in [5, 5.41) is 5.00. The summed E-state index contributed by atoms with van der Waals surface area (Å²) in [7, 11) is 0. The highest BCUT2D eigenvalue weighted by molar-refractivity contribution is 9.10. The molecule has 1 N–H and O–H groups in total. The molecule has 2 aromatic rings. The van der Waals surface area contributed by atoms with Crippen LogP contribution in [0.4, 0.5) is 5.69 Å². The number of halogens is 1. The number of amides is 2. The maximum atomic E-state index is 13.4. The molecule has 4 rings (SSSR count). The molecule has 2 heterocycles. The molecule has 26 heavy (non-hydrogen) atoms.